The molecule has 1 heterocycles. The van der Waals surface area contributed by atoms with E-state index >= 15 is 0 Å². The number of amides is 1. The lowest BCUT2D eigenvalue weighted by Crippen LogP contribution is -2.36. The molecule has 1 amide bonds. The maximum Gasteiger partial charge on any atom is 0.255 e. The van der Waals surface area contributed by atoms with Crippen molar-refractivity contribution in [2.45, 2.75) is 13.0 Å². The molecular weight excluding hydrogens is 335 g/mol. The largest absolute Gasteiger partial charge is 0.398 e. The van der Waals surface area contributed by atoms with Crippen molar-refractivity contribution in [1.82, 2.24) is 4.90 Å². The molecule has 0 unspecified atom stereocenters. The number of hydrogen-bond acceptors (Lipinski definition) is 2. The van der Waals surface area contributed by atoms with Gasteiger partial charge in [-0.25, -0.2) is 4.39 Å². The molecule has 3 rings (SSSR count). The number of fused-ring (bicyclic) bond motifs is 1. The Morgan fingerprint density at radius 1 is 1.24 bits per heavy atom. The molecule has 0 spiro atoms. The van der Waals surface area contributed by atoms with Gasteiger partial charge in [0.25, 0.3) is 5.91 Å². The smallest absolute Gasteiger partial charge is 0.255 e. The Hall–Kier alpha value is -1.88. The molecule has 0 radical (unpaired) electrons. The van der Waals surface area contributed by atoms with Crippen molar-refractivity contribution in [3.63, 3.8) is 0 Å². The molecule has 0 fully saturated rings. The summed E-state index contributed by atoms with van der Waals surface area (Å²) < 4.78 is 13.8. The maximum atomic E-state index is 13.6. The maximum absolute atomic E-state index is 13.6. The van der Waals surface area contributed by atoms with E-state index in [1.165, 1.54) is 11.6 Å². The highest BCUT2D eigenvalue weighted by atomic mass is 79.9. The Balaban J connectivity index is 1.91. The zero-order valence-corrected chi connectivity index (χ0v) is 12.9. The third kappa shape index (κ3) is 2.53. The van der Waals surface area contributed by atoms with Gasteiger partial charge in [0.15, 0.2) is 0 Å². The first-order valence-corrected chi connectivity index (χ1v) is 7.46. The lowest BCUT2D eigenvalue weighted by atomic mass is 9.97. The number of nitrogens with two attached hydrogens (primary N) is 1. The van der Waals surface area contributed by atoms with Crippen LogP contribution in [-0.2, 0) is 13.0 Å². The highest BCUT2D eigenvalue weighted by Gasteiger charge is 2.24. The van der Waals surface area contributed by atoms with E-state index in [-0.39, 0.29) is 10.4 Å². The van der Waals surface area contributed by atoms with Crippen LogP contribution in [0.3, 0.4) is 0 Å². The quantitative estimate of drug-likeness (QED) is 0.803. The Morgan fingerprint density at radius 3 is 2.81 bits per heavy atom. The van der Waals surface area contributed by atoms with Crippen LogP contribution in [0.2, 0.25) is 0 Å². The first-order chi connectivity index (χ1) is 10.1. The van der Waals surface area contributed by atoms with E-state index < -0.39 is 5.82 Å². The lowest BCUT2D eigenvalue weighted by Gasteiger charge is -2.30. The SMILES string of the molecule is Nc1cccc2c1CN(C(=O)c1cccc(F)c1Br)CC2. The number of carbonyl (C=O) groups is 1. The van der Waals surface area contributed by atoms with Crippen LogP contribution in [0.25, 0.3) is 0 Å². The van der Waals surface area contributed by atoms with Gasteiger partial charge >= 0.3 is 0 Å². The van der Waals surface area contributed by atoms with Crippen LogP contribution in [0.5, 0.6) is 0 Å². The second-order valence-corrected chi connectivity index (χ2v) is 5.86. The van der Waals surface area contributed by atoms with Crippen LogP contribution in [0.1, 0.15) is 21.5 Å². The van der Waals surface area contributed by atoms with Crippen LogP contribution >= 0.6 is 15.9 Å². The van der Waals surface area contributed by atoms with Gasteiger partial charge in [0, 0.05) is 18.8 Å². The van der Waals surface area contributed by atoms with Gasteiger partial charge in [-0.1, -0.05) is 18.2 Å². The van der Waals surface area contributed by atoms with E-state index in [1.807, 2.05) is 18.2 Å². The van der Waals surface area contributed by atoms with Crippen molar-refractivity contribution in [3.05, 3.63) is 63.4 Å². The third-order valence-electron chi connectivity index (χ3n) is 3.78. The second-order valence-electron chi connectivity index (χ2n) is 5.06. The molecule has 0 atom stereocenters. The monoisotopic (exact) mass is 348 g/mol. The van der Waals surface area contributed by atoms with Crippen LogP contribution in [0, 0.1) is 5.82 Å². The van der Waals surface area contributed by atoms with Crippen molar-refractivity contribution < 1.29 is 9.18 Å². The summed E-state index contributed by atoms with van der Waals surface area (Å²) in [6, 6.07) is 10.3. The first kappa shape index (κ1) is 14.1. The number of halogens is 2. The third-order valence-corrected chi connectivity index (χ3v) is 4.58. The Labute approximate surface area is 130 Å². The highest BCUT2D eigenvalue weighted by Crippen LogP contribution is 2.27. The van der Waals surface area contributed by atoms with Crippen LogP contribution < -0.4 is 5.73 Å². The van der Waals surface area contributed by atoms with Crippen LogP contribution in [0.15, 0.2) is 40.9 Å². The zero-order chi connectivity index (χ0) is 15.0. The molecule has 108 valence electrons. The lowest BCUT2D eigenvalue weighted by molar-refractivity contribution is 0.0733. The van der Waals surface area contributed by atoms with E-state index in [9.17, 15) is 9.18 Å². The number of hydrogen-bond donors (Lipinski definition) is 1. The minimum absolute atomic E-state index is 0.185. The standard InChI is InChI=1S/C16H14BrFN2O/c17-15-11(4-2-5-13(15)18)16(21)20-8-7-10-3-1-6-14(19)12(10)9-20/h1-6H,7-9,19H2. The van der Waals surface area contributed by atoms with Gasteiger partial charge in [-0.3, -0.25) is 4.79 Å². The summed E-state index contributed by atoms with van der Waals surface area (Å²) in [4.78, 5) is 14.3. The summed E-state index contributed by atoms with van der Waals surface area (Å²) in [6.45, 7) is 1.07. The van der Waals surface area contributed by atoms with Gasteiger partial charge in [0.2, 0.25) is 0 Å². The van der Waals surface area contributed by atoms with Crippen molar-refractivity contribution in [2.75, 3.05) is 12.3 Å². The summed E-state index contributed by atoms with van der Waals surface area (Å²) >= 11 is 3.15. The van der Waals surface area contributed by atoms with Gasteiger partial charge in [-0.15, -0.1) is 0 Å². The Morgan fingerprint density at radius 2 is 2.00 bits per heavy atom. The van der Waals surface area contributed by atoms with Crippen molar-refractivity contribution >= 4 is 27.5 Å². The minimum atomic E-state index is -0.433. The molecule has 2 aromatic rings. The normalized spacial score (nSPS) is 13.9. The van der Waals surface area contributed by atoms with Crippen LogP contribution in [-0.4, -0.2) is 17.4 Å². The zero-order valence-electron chi connectivity index (χ0n) is 11.3. The molecule has 2 N–H and O–H groups in total. The van der Waals surface area contributed by atoms with E-state index in [0.717, 1.165) is 12.0 Å². The van der Waals surface area contributed by atoms with Gasteiger partial charge in [0.1, 0.15) is 5.82 Å². The molecular formula is C16H14BrFN2O. The van der Waals surface area contributed by atoms with Gasteiger partial charge in [-0.05, 0) is 51.7 Å². The second kappa shape index (κ2) is 5.48. The fourth-order valence-electron chi connectivity index (χ4n) is 2.62. The predicted molar refractivity (Wildman–Crippen MR) is 83.4 cm³/mol. The Kier molecular flexibility index (Phi) is 3.68. The topological polar surface area (TPSA) is 46.3 Å². The van der Waals surface area contributed by atoms with E-state index in [4.69, 9.17) is 5.73 Å². The number of anilines is 1. The summed E-state index contributed by atoms with van der Waals surface area (Å²) in [5.74, 6) is -0.618. The van der Waals surface area contributed by atoms with Crippen molar-refractivity contribution in [2.24, 2.45) is 0 Å². The molecule has 0 aromatic heterocycles. The molecule has 5 heteroatoms. The fourth-order valence-corrected chi connectivity index (χ4v) is 3.05. The molecule has 0 saturated carbocycles. The molecule has 0 saturated heterocycles. The van der Waals surface area contributed by atoms with E-state index in [1.54, 1.807) is 17.0 Å². The molecule has 3 nitrogen and oxygen atoms in total. The Bertz CT molecular complexity index is 717. The average molecular weight is 349 g/mol. The number of carbonyl (C=O) groups excluding carboxylic acids is 1. The molecule has 1 aliphatic heterocycles. The number of rotatable bonds is 1. The van der Waals surface area contributed by atoms with Gasteiger partial charge in [0.05, 0.1) is 10.0 Å². The van der Waals surface area contributed by atoms with Crippen molar-refractivity contribution in [1.29, 1.82) is 0 Å². The van der Waals surface area contributed by atoms with Crippen LogP contribution in [0.4, 0.5) is 10.1 Å². The summed E-state index contributed by atoms with van der Waals surface area (Å²) in [5, 5.41) is 0. The molecule has 1 aliphatic rings. The number of nitrogen functional groups attached to an aromatic ring is 1. The first-order valence-electron chi connectivity index (χ1n) is 6.67. The fraction of sp³-hybridized carbons (Fsp3) is 0.188. The predicted octanol–water partition coefficient (Wildman–Crippen LogP) is 3.37. The van der Waals surface area contributed by atoms with E-state index in [0.29, 0.717) is 24.3 Å². The summed E-state index contributed by atoms with van der Waals surface area (Å²) in [7, 11) is 0. The molecule has 2 aromatic carbocycles. The summed E-state index contributed by atoms with van der Waals surface area (Å²) in [6.07, 6.45) is 0.763. The van der Waals surface area contributed by atoms with Gasteiger partial charge < -0.3 is 10.6 Å². The van der Waals surface area contributed by atoms with Gasteiger partial charge in [-0.2, -0.15) is 0 Å². The van der Waals surface area contributed by atoms with Crippen molar-refractivity contribution in [3.8, 4) is 0 Å². The molecule has 0 bridgehead atoms. The molecule has 0 aliphatic carbocycles. The molecule has 21 heavy (non-hydrogen) atoms. The summed E-state index contributed by atoms with van der Waals surface area (Å²) in [5.41, 5.74) is 9.20. The number of benzene rings is 2. The highest BCUT2D eigenvalue weighted by molar-refractivity contribution is 9.10. The minimum Gasteiger partial charge on any atom is -0.398 e. The number of nitrogens with zero attached hydrogens (tertiary/aromatic N) is 1. The average Bonchev–Trinajstić information content (AvgIpc) is 2.49. The van der Waals surface area contributed by atoms with E-state index in [2.05, 4.69) is 15.9 Å².